The average molecular weight is 480 g/mol. The van der Waals surface area contributed by atoms with Crippen molar-refractivity contribution in [2.75, 3.05) is 38.2 Å². The Labute approximate surface area is 187 Å². The lowest BCUT2D eigenvalue weighted by molar-refractivity contribution is -0.119. The summed E-state index contributed by atoms with van der Waals surface area (Å²) in [6.07, 6.45) is 2.92. The third kappa shape index (κ3) is 4.72. The van der Waals surface area contributed by atoms with Crippen LogP contribution in [-0.4, -0.2) is 72.1 Å². The fourth-order valence-corrected chi connectivity index (χ4v) is 4.97. The Hall–Kier alpha value is -3.06. The first-order valence-electron chi connectivity index (χ1n) is 9.48. The molecule has 1 aliphatic rings. The van der Waals surface area contributed by atoms with Crippen LogP contribution in [0.1, 0.15) is 10.4 Å². The molecule has 1 aliphatic heterocycles. The molecule has 1 aromatic carbocycles. The van der Waals surface area contributed by atoms with Crippen LogP contribution >= 0.6 is 11.6 Å². The molecule has 0 saturated carbocycles. The topological polar surface area (TPSA) is 132 Å². The fourth-order valence-electron chi connectivity index (χ4n) is 3.06. The van der Waals surface area contributed by atoms with Crippen molar-refractivity contribution < 1.29 is 27.5 Å². The van der Waals surface area contributed by atoms with Crippen LogP contribution in [0.4, 0.5) is 5.69 Å². The molecular formula is C19H18ClN5O6S. The van der Waals surface area contributed by atoms with E-state index in [9.17, 15) is 18.0 Å². The van der Waals surface area contributed by atoms with Gasteiger partial charge in [-0.05, 0) is 30.3 Å². The molecule has 168 valence electrons. The van der Waals surface area contributed by atoms with E-state index in [2.05, 4.69) is 15.5 Å². The molecule has 3 heterocycles. The van der Waals surface area contributed by atoms with Gasteiger partial charge in [-0.2, -0.15) is 4.31 Å². The molecule has 1 fully saturated rings. The number of rotatable bonds is 6. The Morgan fingerprint density at radius 2 is 1.97 bits per heavy atom. The predicted octanol–water partition coefficient (Wildman–Crippen LogP) is 1.20. The SMILES string of the molecule is O=C(COC(=O)c1ccc2nncn2c1)Nc1ccc(Cl)c(S(=O)(=O)N2CCOCC2)c1. The largest absolute Gasteiger partial charge is 0.452 e. The number of fused-ring (bicyclic) bond motifs is 1. The van der Waals surface area contributed by atoms with Crippen molar-refractivity contribution in [2.45, 2.75) is 4.90 Å². The van der Waals surface area contributed by atoms with Crippen molar-refractivity contribution in [3.05, 3.63) is 53.4 Å². The minimum Gasteiger partial charge on any atom is -0.452 e. The predicted molar refractivity (Wildman–Crippen MR) is 113 cm³/mol. The number of amides is 1. The average Bonchev–Trinajstić information content (AvgIpc) is 3.27. The molecule has 0 spiro atoms. The van der Waals surface area contributed by atoms with Crippen LogP contribution < -0.4 is 5.32 Å². The second-order valence-corrected chi connectivity index (χ2v) is 9.11. The van der Waals surface area contributed by atoms with E-state index in [0.717, 1.165) is 0 Å². The first kappa shape index (κ1) is 22.1. The highest BCUT2D eigenvalue weighted by Crippen LogP contribution is 2.28. The molecule has 11 nitrogen and oxygen atoms in total. The number of aromatic nitrogens is 3. The number of hydrogen-bond acceptors (Lipinski definition) is 8. The van der Waals surface area contributed by atoms with Gasteiger partial charge in [0.05, 0.1) is 23.8 Å². The number of carbonyl (C=O) groups excluding carboxylic acids is 2. The van der Waals surface area contributed by atoms with Crippen molar-refractivity contribution in [2.24, 2.45) is 0 Å². The maximum atomic E-state index is 12.9. The van der Waals surface area contributed by atoms with Crippen molar-refractivity contribution in [1.29, 1.82) is 0 Å². The first-order valence-corrected chi connectivity index (χ1v) is 11.3. The van der Waals surface area contributed by atoms with E-state index >= 15 is 0 Å². The molecule has 1 saturated heterocycles. The number of halogens is 1. The molecule has 0 aliphatic carbocycles. The molecule has 2 aromatic heterocycles. The van der Waals surface area contributed by atoms with Gasteiger partial charge in [-0.25, -0.2) is 13.2 Å². The molecule has 0 radical (unpaired) electrons. The number of benzene rings is 1. The minimum absolute atomic E-state index is 0.0327. The van der Waals surface area contributed by atoms with E-state index in [-0.39, 0.29) is 34.3 Å². The van der Waals surface area contributed by atoms with Crippen LogP contribution in [0.25, 0.3) is 5.65 Å². The summed E-state index contributed by atoms with van der Waals surface area (Å²) in [4.78, 5) is 24.3. The normalized spacial score (nSPS) is 14.9. The lowest BCUT2D eigenvalue weighted by atomic mass is 10.3. The van der Waals surface area contributed by atoms with Gasteiger partial charge in [0.25, 0.3) is 5.91 Å². The lowest BCUT2D eigenvalue weighted by Gasteiger charge is -2.26. The van der Waals surface area contributed by atoms with E-state index in [1.54, 1.807) is 10.5 Å². The van der Waals surface area contributed by atoms with Gasteiger partial charge >= 0.3 is 5.97 Å². The second kappa shape index (κ2) is 9.20. The third-order valence-electron chi connectivity index (χ3n) is 4.66. The van der Waals surface area contributed by atoms with Crippen LogP contribution in [0, 0.1) is 0 Å². The highest BCUT2D eigenvalue weighted by molar-refractivity contribution is 7.89. The number of morpholine rings is 1. The molecule has 0 atom stereocenters. The molecule has 1 amide bonds. The summed E-state index contributed by atoms with van der Waals surface area (Å²) >= 11 is 6.11. The number of pyridine rings is 1. The van der Waals surface area contributed by atoms with Gasteiger partial charge in [-0.1, -0.05) is 11.6 Å². The van der Waals surface area contributed by atoms with E-state index in [1.807, 2.05) is 0 Å². The van der Waals surface area contributed by atoms with Crippen molar-refractivity contribution >= 4 is 44.8 Å². The fraction of sp³-hybridized carbons (Fsp3) is 0.263. The van der Waals surface area contributed by atoms with Crippen LogP contribution in [0.2, 0.25) is 5.02 Å². The van der Waals surface area contributed by atoms with Crippen LogP contribution in [0.3, 0.4) is 0 Å². The number of sulfonamides is 1. The Balaban J connectivity index is 1.40. The van der Waals surface area contributed by atoms with E-state index < -0.39 is 28.5 Å². The zero-order valence-electron chi connectivity index (χ0n) is 16.6. The summed E-state index contributed by atoms with van der Waals surface area (Å²) in [6, 6.07) is 7.21. The number of hydrogen-bond donors (Lipinski definition) is 1. The number of nitrogens with zero attached hydrogens (tertiary/aromatic N) is 4. The Kier molecular flexibility index (Phi) is 6.37. The van der Waals surface area contributed by atoms with Crippen LogP contribution in [0.15, 0.2) is 47.8 Å². The quantitative estimate of drug-likeness (QED) is 0.521. The van der Waals surface area contributed by atoms with Crippen molar-refractivity contribution in [3.63, 3.8) is 0 Å². The van der Waals surface area contributed by atoms with Gasteiger partial charge in [0.2, 0.25) is 10.0 Å². The van der Waals surface area contributed by atoms with Crippen LogP contribution in [0.5, 0.6) is 0 Å². The highest BCUT2D eigenvalue weighted by atomic mass is 35.5. The Morgan fingerprint density at radius 3 is 2.75 bits per heavy atom. The zero-order chi connectivity index (χ0) is 22.7. The van der Waals surface area contributed by atoms with Crippen LogP contribution in [-0.2, 0) is 24.3 Å². The number of esters is 1. The van der Waals surface area contributed by atoms with E-state index in [0.29, 0.717) is 18.9 Å². The van der Waals surface area contributed by atoms with Crippen molar-refractivity contribution in [1.82, 2.24) is 18.9 Å². The number of anilines is 1. The van der Waals surface area contributed by atoms with Gasteiger partial charge < -0.3 is 14.8 Å². The highest BCUT2D eigenvalue weighted by Gasteiger charge is 2.28. The van der Waals surface area contributed by atoms with E-state index in [4.69, 9.17) is 21.1 Å². The maximum absolute atomic E-state index is 12.9. The van der Waals surface area contributed by atoms with Gasteiger partial charge in [0.15, 0.2) is 12.3 Å². The molecule has 0 unspecified atom stereocenters. The third-order valence-corrected chi connectivity index (χ3v) is 7.04. The van der Waals surface area contributed by atoms with Gasteiger partial charge in [-0.15, -0.1) is 10.2 Å². The number of carbonyl (C=O) groups is 2. The minimum atomic E-state index is -3.85. The van der Waals surface area contributed by atoms with Gasteiger partial charge in [0, 0.05) is 25.0 Å². The molecule has 13 heteroatoms. The molecule has 3 aromatic rings. The summed E-state index contributed by atoms with van der Waals surface area (Å²) < 4.78 is 38.8. The second-order valence-electron chi connectivity index (χ2n) is 6.80. The number of nitrogens with one attached hydrogen (secondary N) is 1. The Bertz CT molecular complexity index is 1270. The smallest absolute Gasteiger partial charge is 0.340 e. The summed E-state index contributed by atoms with van der Waals surface area (Å²) in [5, 5.41) is 10.1. The first-order chi connectivity index (χ1) is 15.3. The molecule has 32 heavy (non-hydrogen) atoms. The Morgan fingerprint density at radius 1 is 1.19 bits per heavy atom. The number of ether oxygens (including phenoxy) is 2. The van der Waals surface area contributed by atoms with Crippen molar-refractivity contribution in [3.8, 4) is 0 Å². The monoisotopic (exact) mass is 479 g/mol. The molecular weight excluding hydrogens is 462 g/mol. The van der Waals surface area contributed by atoms with E-state index in [1.165, 1.54) is 41.1 Å². The summed E-state index contributed by atoms with van der Waals surface area (Å²) in [5.41, 5.74) is 0.980. The molecule has 0 bridgehead atoms. The maximum Gasteiger partial charge on any atom is 0.340 e. The molecule has 4 rings (SSSR count). The summed E-state index contributed by atoms with van der Waals surface area (Å²) in [5.74, 6) is -1.34. The summed E-state index contributed by atoms with van der Waals surface area (Å²) in [7, 11) is -3.85. The van der Waals surface area contributed by atoms with Gasteiger partial charge in [-0.3, -0.25) is 9.20 Å². The summed E-state index contributed by atoms with van der Waals surface area (Å²) in [6.45, 7) is 0.456. The standard InChI is InChI=1S/C19H18ClN5O6S/c20-15-3-2-14(9-16(15)32(28,29)25-5-7-30-8-6-25)22-18(26)11-31-19(27)13-1-4-17-23-21-12-24(17)10-13/h1-4,9-10,12H,5-8,11H2,(H,22,26). The molecule has 1 N–H and O–H groups in total. The zero-order valence-corrected chi connectivity index (χ0v) is 18.2. The van der Waals surface area contributed by atoms with Gasteiger partial charge in [0.1, 0.15) is 11.2 Å². The lowest BCUT2D eigenvalue weighted by Crippen LogP contribution is -2.40.